The number of carbonyl (C=O) groups excluding carboxylic acids is 1. The Morgan fingerprint density at radius 3 is 2.54 bits per heavy atom. The van der Waals surface area contributed by atoms with Gasteiger partial charge in [0.1, 0.15) is 12.2 Å². The van der Waals surface area contributed by atoms with Gasteiger partial charge < -0.3 is 9.15 Å². The molecule has 0 atom stereocenters. The van der Waals surface area contributed by atoms with Crippen molar-refractivity contribution in [1.82, 2.24) is 0 Å². The molecule has 0 unspecified atom stereocenters. The Morgan fingerprint density at radius 2 is 1.71 bits per heavy atom. The van der Waals surface area contributed by atoms with Crippen molar-refractivity contribution in [2.75, 3.05) is 0 Å². The summed E-state index contributed by atoms with van der Waals surface area (Å²) in [5.74, 6) is -0.737. The Kier molecular flexibility index (Phi) is 5.02. The monoisotopic (exact) mass is 432 g/mol. The molecule has 1 aromatic heterocycles. The van der Waals surface area contributed by atoms with Gasteiger partial charge in [0, 0.05) is 17.0 Å². The molecule has 7 heteroatoms. The van der Waals surface area contributed by atoms with Gasteiger partial charge in [-0.2, -0.15) is 0 Å². The Hall–Kier alpha value is -2.53. The quantitative estimate of drug-likeness (QED) is 0.165. The summed E-state index contributed by atoms with van der Waals surface area (Å²) < 4.78 is 10.7. The molecule has 4 nitrogen and oxygen atoms in total. The average molecular weight is 434 g/mol. The van der Waals surface area contributed by atoms with E-state index in [9.17, 15) is 9.59 Å². The summed E-state index contributed by atoms with van der Waals surface area (Å²) in [6.45, 7) is -0.159. The highest BCUT2D eigenvalue weighted by molar-refractivity contribution is 6.46. The molecule has 0 aliphatic carbocycles. The topological polar surface area (TPSA) is 56.5 Å². The fraction of sp³-hybridized carbons (Fsp3) is 0.0476. The molecule has 0 radical (unpaired) electrons. The summed E-state index contributed by atoms with van der Waals surface area (Å²) in [6, 6.07) is 15.5. The van der Waals surface area contributed by atoms with Crippen LogP contribution >= 0.6 is 34.8 Å². The van der Waals surface area contributed by atoms with E-state index in [2.05, 4.69) is 0 Å². The zero-order chi connectivity index (χ0) is 19.8. The molecule has 140 valence electrons. The minimum Gasteiger partial charge on any atom is -0.457 e. The minimum absolute atomic E-state index is 0.0158. The van der Waals surface area contributed by atoms with Gasteiger partial charge >= 0.3 is 11.6 Å². The van der Waals surface area contributed by atoms with Crippen LogP contribution in [0.15, 0.2) is 63.8 Å². The van der Waals surface area contributed by atoms with Crippen molar-refractivity contribution in [3.05, 3.63) is 91.2 Å². The Morgan fingerprint density at radius 1 is 0.964 bits per heavy atom. The van der Waals surface area contributed by atoms with E-state index in [1.54, 1.807) is 6.07 Å². The number of halogens is 3. The van der Waals surface area contributed by atoms with Gasteiger partial charge in [0.15, 0.2) is 0 Å². The third-order valence-electron chi connectivity index (χ3n) is 4.32. The van der Waals surface area contributed by atoms with Gasteiger partial charge in [-0.05, 0) is 29.0 Å². The number of carbonyl (C=O) groups is 1. The standard InChI is InChI=1S/C21H11Cl3O4/c22-14-6-7-15(23)20(24)19(14)21(26)27-10-12-9-17(25)28-16-8-5-11-3-1-2-4-13(11)18(12)16/h1-9H,10H2. The van der Waals surface area contributed by atoms with E-state index < -0.39 is 11.6 Å². The predicted molar refractivity (Wildman–Crippen MR) is 111 cm³/mol. The molecule has 0 spiro atoms. The van der Waals surface area contributed by atoms with Gasteiger partial charge in [-0.25, -0.2) is 9.59 Å². The number of hydrogen-bond acceptors (Lipinski definition) is 4. The van der Waals surface area contributed by atoms with Crippen LogP contribution in [-0.4, -0.2) is 5.97 Å². The maximum Gasteiger partial charge on any atom is 0.341 e. The van der Waals surface area contributed by atoms with Crippen molar-refractivity contribution in [2.45, 2.75) is 6.61 Å². The van der Waals surface area contributed by atoms with Crippen LogP contribution in [0.2, 0.25) is 15.1 Å². The molecule has 0 amide bonds. The first-order valence-electron chi connectivity index (χ1n) is 8.21. The van der Waals surface area contributed by atoms with E-state index in [1.165, 1.54) is 18.2 Å². The highest BCUT2D eigenvalue weighted by Crippen LogP contribution is 2.33. The van der Waals surface area contributed by atoms with Crippen molar-refractivity contribution >= 4 is 62.5 Å². The Labute approximate surface area is 174 Å². The fourth-order valence-corrected chi connectivity index (χ4v) is 3.75. The predicted octanol–water partition coefficient (Wildman–Crippen LogP) is 6.26. The maximum atomic E-state index is 12.5. The van der Waals surface area contributed by atoms with Crippen LogP contribution in [0.25, 0.3) is 21.7 Å². The van der Waals surface area contributed by atoms with Crippen LogP contribution in [-0.2, 0) is 11.3 Å². The highest BCUT2D eigenvalue weighted by Gasteiger charge is 2.20. The van der Waals surface area contributed by atoms with E-state index in [-0.39, 0.29) is 27.2 Å². The van der Waals surface area contributed by atoms with Crippen LogP contribution in [0.1, 0.15) is 15.9 Å². The van der Waals surface area contributed by atoms with Gasteiger partial charge in [-0.1, -0.05) is 65.1 Å². The third kappa shape index (κ3) is 3.35. The third-order valence-corrected chi connectivity index (χ3v) is 5.44. The summed E-state index contributed by atoms with van der Waals surface area (Å²) in [7, 11) is 0. The number of hydrogen-bond donors (Lipinski definition) is 0. The molecule has 0 bridgehead atoms. The first-order chi connectivity index (χ1) is 13.5. The molecular weight excluding hydrogens is 423 g/mol. The lowest BCUT2D eigenvalue weighted by Crippen LogP contribution is -2.09. The van der Waals surface area contributed by atoms with Crippen molar-refractivity contribution in [3.8, 4) is 0 Å². The zero-order valence-corrected chi connectivity index (χ0v) is 16.4. The second kappa shape index (κ2) is 7.47. The van der Waals surface area contributed by atoms with E-state index in [4.69, 9.17) is 44.0 Å². The summed E-state index contributed by atoms with van der Waals surface area (Å²) in [6.07, 6.45) is 0. The average Bonchev–Trinajstić information content (AvgIpc) is 2.68. The summed E-state index contributed by atoms with van der Waals surface area (Å²) >= 11 is 18.1. The van der Waals surface area contributed by atoms with E-state index in [0.29, 0.717) is 16.5 Å². The van der Waals surface area contributed by atoms with Gasteiger partial charge in [-0.3, -0.25) is 0 Å². The molecule has 0 aliphatic heterocycles. The van der Waals surface area contributed by atoms with Crippen LogP contribution in [0.5, 0.6) is 0 Å². The van der Waals surface area contributed by atoms with Gasteiger partial charge in [0.05, 0.1) is 20.6 Å². The molecule has 4 rings (SSSR count). The second-order valence-electron chi connectivity index (χ2n) is 6.04. The SMILES string of the molecule is O=C(OCc1cc(=O)oc2ccc3ccccc3c12)c1c(Cl)ccc(Cl)c1Cl. The van der Waals surface area contributed by atoms with Crippen LogP contribution in [0.4, 0.5) is 0 Å². The first-order valence-corrected chi connectivity index (χ1v) is 9.34. The zero-order valence-electron chi connectivity index (χ0n) is 14.2. The highest BCUT2D eigenvalue weighted by atomic mass is 35.5. The smallest absolute Gasteiger partial charge is 0.341 e. The molecule has 0 saturated carbocycles. The number of rotatable bonds is 3. The second-order valence-corrected chi connectivity index (χ2v) is 7.24. The normalized spacial score (nSPS) is 11.1. The summed E-state index contributed by atoms with van der Waals surface area (Å²) in [4.78, 5) is 24.5. The molecule has 1 heterocycles. The molecular formula is C21H11Cl3O4. The molecule has 0 N–H and O–H groups in total. The van der Waals surface area contributed by atoms with E-state index >= 15 is 0 Å². The van der Waals surface area contributed by atoms with Gasteiger partial charge in [0.2, 0.25) is 0 Å². The Balaban J connectivity index is 1.77. The molecule has 28 heavy (non-hydrogen) atoms. The van der Waals surface area contributed by atoms with Crippen LogP contribution in [0.3, 0.4) is 0 Å². The maximum absolute atomic E-state index is 12.5. The number of benzene rings is 3. The lowest BCUT2D eigenvalue weighted by atomic mass is 10.0. The fourth-order valence-electron chi connectivity index (χ4n) is 3.06. The number of ether oxygens (including phenoxy) is 1. The molecule has 3 aromatic carbocycles. The Bertz CT molecular complexity index is 1290. The van der Waals surface area contributed by atoms with E-state index in [0.717, 1.165) is 10.8 Å². The molecule has 4 aromatic rings. The largest absolute Gasteiger partial charge is 0.457 e. The van der Waals surface area contributed by atoms with Gasteiger partial charge in [-0.15, -0.1) is 0 Å². The van der Waals surface area contributed by atoms with Crippen molar-refractivity contribution in [1.29, 1.82) is 0 Å². The first kappa shape index (κ1) is 18.8. The van der Waals surface area contributed by atoms with Crippen LogP contribution < -0.4 is 5.63 Å². The van der Waals surface area contributed by atoms with Gasteiger partial charge in [0.25, 0.3) is 0 Å². The lowest BCUT2D eigenvalue weighted by molar-refractivity contribution is 0.0474. The molecule has 0 aliphatic rings. The lowest BCUT2D eigenvalue weighted by Gasteiger charge is -2.11. The minimum atomic E-state index is -0.737. The number of esters is 1. The summed E-state index contributed by atoms with van der Waals surface area (Å²) in [5.41, 5.74) is 0.377. The summed E-state index contributed by atoms with van der Waals surface area (Å²) in [5, 5.41) is 2.89. The van der Waals surface area contributed by atoms with Crippen molar-refractivity contribution < 1.29 is 13.9 Å². The molecule has 0 saturated heterocycles. The van der Waals surface area contributed by atoms with Crippen molar-refractivity contribution in [2.24, 2.45) is 0 Å². The van der Waals surface area contributed by atoms with E-state index in [1.807, 2.05) is 30.3 Å². The van der Waals surface area contributed by atoms with Crippen LogP contribution in [0, 0.1) is 0 Å². The molecule has 0 fully saturated rings. The number of fused-ring (bicyclic) bond motifs is 3. The van der Waals surface area contributed by atoms with Crippen molar-refractivity contribution in [3.63, 3.8) is 0 Å².